The Balaban J connectivity index is 1.95. The van der Waals surface area contributed by atoms with Crippen LogP contribution in [0.1, 0.15) is 48.9 Å². The number of aromatic carboxylic acids is 1. The SMILES string of the molecule is O=C(O)c1cccc(N2C(=O)CC3(CCCCC3)C2=O)c1. The summed E-state index contributed by atoms with van der Waals surface area (Å²) in [5.41, 5.74) is -0.0979. The van der Waals surface area contributed by atoms with E-state index in [4.69, 9.17) is 5.11 Å². The summed E-state index contributed by atoms with van der Waals surface area (Å²) in [6.07, 6.45) is 4.82. The molecule has 1 N–H and O–H groups in total. The van der Waals surface area contributed by atoms with Crippen LogP contribution in [-0.4, -0.2) is 22.9 Å². The molecule has 0 bridgehead atoms. The van der Waals surface area contributed by atoms with Gasteiger partial charge in [0.1, 0.15) is 0 Å². The van der Waals surface area contributed by atoms with Crippen molar-refractivity contribution in [3.05, 3.63) is 29.8 Å². The van der Waals surface area contributed by atoms with Crippen molar-refractivity contribution in [3.63, 3.8) is 0 Å². The molecule has 0 atom stereocenters. The van der Waals surface area contributed by atoms with Crippen molar-refractivity contribution in [1.29, 1.82) is 0 Å². The summed E-state index contributed by atoms with van der Waals surface area (Å²) in [5, 5.41) is 9.04. The van der Waals surface area contributed by atoms with Gasteiger partial charge in [0.05, 0.1) is 16.7 Å². The normalized spacial score (nSPS) is 21.0. The number of hydrogen-bond acceptors (Lipinski definition) is 3. The largest absolute Gasteiger partial charge is 0.478 e. The van der Waals surface area contributed by atoms with Crippen LogP contribution in [0.25, 0.3) is 0 Å². The lowest BCUT2D eigenvalue weighted by molar-refractivity contribution is -0.127. The molecular formula is C16H17NO4. The minimum absolute atomic E-state index is 0.0812. The summed E-state index contributed by atoms with van der Waals surface area (Å²) < 4.78 is 0. The number of amides is 2. The second-order valence-corrected chi connectivity index (χ2v) is 5.91. The minimum atomic E-state index is -1.07. The van der Waals surface area contributed by atoms with Gasteiger partial charge in [-0.25, -0.2) is 4.79 Å². The molecule has 1 saturated heterocycles. The number of imide groups is 1. The Kier molecular flexibility index (Phi) is 3.27. The van der Waals surface area contributed by atoms with E-state index in [0.29, 0.717) is 5.69 Å². The van der Waals surface area contributed by atoms with Crippen molar-refractivity contribution >= 4 is 23.5 Å². The number of carboxylic acids is 1. The summed E-state index contributed by atoms with van der Waals surface area (Å²) in [7, 11) is 0. The Labute approximate surface area is 122 Å². The van der Waals surface area contributed by atoms with Gasteiger partial charge in [-0.3, -0.25) is 14.5 Å². The van der Waals surface area contributed by atoms with E-state index < -0.39 is 11.4 Å². The van der Waals surface area contributed by atoms with Gasteiger partial charge < -0.3 is 5.11 Å². The Morgan fingerprint density at radius 1 is 1.14 bits per heavy atom. The van der Waals surface area contributed by atoms with Crippen LogP contribution in [0, 0.1) is 5.41 Å². The molecule has 1 saturated carbocycles. The van der Waals surface area contributed by atoms with E-state index in [-0.39, 0.29) is 23.8 Å². The molecule has 1 heterocycles. The van der Waals surface area contributed by atoms with Gasteiger partial charge in [0.2, 0.25) is 11.8 Å². The van der Waals surface area contributed by atoms with Crippen molar-refractivity contribution < 1.29 is 19.5 Å². The molecule has 1 aliphatic heterocycles. The number of hydrogen-bond donors (Lipinski definition) is 1. The van der Waals surface area contributed by atoms with Crippen LogP contribution in [0.5, 0.6) is 0 Å². The molecule has 5 nitrogen and oxygen atoms in total. The molecule has 110 valence electrons. The third-order valence-corrected chi connectivity index (χ3v) is 4.56. The van der Waals surface area contributed by atoms with Crippen LogP contribution in [0.2, 0.25) is 0 Å². The van der Waals surface area contributed by atoms with Gasteiger partial charge in [0.15, 0.2) is 0 Å². The van der Waals surface area contributed by atoms with E-state index in [0.717, 1.165) is 32.1 Å². The fourth-order valence-electron chi connectivity index (χ4n) is 3.45. The molecule has 0 unspecified atom stereocenters. The maximum atomic E-state index is 12.7. The molecule has 0 aromatic heterocycles. The molecule has 2 aliphatic rings. The molecule has 1 spiro atoms. The highest BCUT2D eigenvalue weighted by Crippen LogP contribution is 2.46. The van der Waals surface area contributed by atoms with Gasteiger partial charge in [0, 0.05) is 6.42 Å². The van der Waals surface area contributed by atoms with E-state index in [9.17, 15) is 14.4 Å². The van der Waals surface area contributed by atoms with Gasteiger partial charge in [-0.15, -0.1) is 0 Å². The fourth-order valence-corrected chi connectivity index (χ4v) is 3.45. The third kappa shape index (κ3) is 2.22. The Morgan fingerprint density at radius 2 is 1.86 bits per heavy atom. The lowest BCUT2D eigenvalue weighted by Gasteiger charge is -2.30. The maximum absolute atomic E-state index is 12.7. The average Bonchev–Trinajstić information content (AvgIpc) is 2.71. The summed E-state index contributed by atoms with van der Waals surface area (Å²) in [6, 6.07) is 6.02. The van der Waals surface area contributed by atoms with Crippen LogP contribution < -0.4 is 4.90 Å². The summed E-state index contributed by atoms with van der Waals surface area (Å²) in [5.74, 6) is -1.44. The summed E-state index contributed by atoms with van der Waals surface area (Å²) >= 11 is 0. The lowest BCUT2D eigenvalue weighted by atomic mass is 9.73. The number of benzene rings is 1. The molecule has 3 rings (SSSR count). The lowest BCUT2D eigenvalue weighted by Crippen LogP contribution is -2.37. The summed E-state index contributed by atoms with van der Waals surface area (Å²) in [6.45, 7) is 0. The van der Waals surface area contributed by atoms with Crippen molar-refractivity contribution in [2.45, 2.75) is 38.5 Å². The van der Waals surface area contributed by atoms with E-state index >= 15 is 0 Å². The van der Waals surface area contributed by atoms with Crippen molar-refractivity contribution in [3.8, 4) is 0 Å². The standard InChI is InChI=1S/C16H17NO4/c18-13-10-16(7-2-1-3-8-16)15(21)17(13)12-6-4-5-11(9-12)14(19)20/h4-6,9H,1-3,7-8,10H2,(H,19,20). The zero-order valence-electron chi connectivity index (χ0n) is 11.7. The number of carboxylic acid groups (broad SMARTS) is 1. The number of carbonyl (C=O) groups excluding carboxylic acids is 2. The van der Waals surface area contributed by atoms with Gasteiger partial charge in [-0.2, -0.15) is 0 Å². The highest BCUT2D eigenvalue weighted by Gasteiger charge is 2.52. The second-order valence-electron chi connectivity index (χ2n) is 5.91. The molecule has 2 amide bonds. The van der Waals surface area contributed by atoms with Crippen LogP contribution in [0.4, 0.5) is 5.69 Å². The predicted molar refractivity (Wildman–Crippen MR) is 76.0 cm³/mol. The van der Waals surface area contributed by atoms with E-state index in [1.54, 1.807) is 12.1 Å². The van der Waals surface area contributed by atoms with E-state index in [1.165, 1.54) is 17.0 Å². The molecule has 21 heavy (non-hydrogen) atoms. The monoisotopic (exact) mass is 287 g/mol. The molecule has 5 heteroatoms. The fraction of sp³-hybridized carbons (Fsp3) is 0.438. The molecule has 1 aliphatic carbocycles. The Bertz CT molecular complexity index is 616. The first-order chi connectivity index (χ1) is 10.0. The molecular weight excluding hydrogens is 270 g/mol. The number of rotatable bonds is 2. The first-order valence-corrected chi connectivity index (χ1v) is 7.24. The highest BCUT2D eigenvalue weighted by molar-refractivity contribution is 6.22. The topological polar surface area (TPSA) is 74.7 Å². The predicted octanol–water partition coefficient (Wildman–Crippen LogP) is 2.60. The van der Waals surface area contributed by atoms with Crippen LogP contribution in [-0.2, 0) is 9.59 Å². The molecule has 1 aromatic carbocycles. The van der Waals surface area contributed by atoms with Crippen molar-refractivity contribution in [2.24, 2.45) is 5.41 Å². The van der Waals surface area contributed by atoms with Gasteiger partial charge in [-0.1, -0.05) is 25.3 Å². The second kappa shape index (κ2) is 4.98. The van der Waals surface area contributed by atoms with Gasteiger partial charge >= 0.3 is 5.97 Å². The zero-order valence-corrected chi connectivity index (χ0v) is 11.7. The Hall–Kier alpha value is -2.17. The van der Waals surface area contributed by atoms with E-state index in [1.807, 2.05) is 0 Å². The molecule has 1 aromatic rings. The molecule has 2 fully saturated rings. The highest BCUT2D eigenvalue weighted by atomic mass is 16.4. The van der Waals surface area contributed by atoms with Crippen LogP contribution >= 0.6 is 0 Å². The smallest absolute Gasteiger partial charge is 0.335 e. The maximum Gasteiger partial charge on any atom is 0.335 e. The average molecular weight is 287 g/mol. The van der Waals surface area contributed by atoms with Crippen LogP contribution in [0.3, 0.4) is 0 Å². The zero-order chi connectivity index (χ0) is 15.0. The first-order valence-electron chi connectivity index (χ1n) is 7.24. The minimum Gasteiger partial charge on any atom is -0.478 e. The first kappa shape index (κ1) is 13.8. The number of nitrogens with zero attached hydrogens (tertiary/aromatic N) is 1. The van der Waals surface area contributed by atoms with Gasteiger partial charge in [0.25, 0.3) is 0 Å². The van der Waals surface area contributed by atoms with Crippen LogP contribution in [0.15, 0.2) is 24.3 Å². The summed E-state index contributed by atoms with van der Waals surface area (Å²) in [4.78, 5) is 37.2. The molecule has 0 radical (unpaired) electrons. The van der Waals surface area contributed by atoms with Gasteiger partial charge in [-0.05, 0) is 31.0 Å². The Morgan fingerprint density at radius 3 is 2.52 bits per heavy atom. The quantitative estimate of drug-likeness (QED) is 0.848. The van der Waals surface area contributed by atoms with Crippen molar-refractivity contribution in [1.82, 2.24) is 0 Å². The number of carbonyl (C=O) groups is 3. The third-order valence-electron chi connectivity index (χ3n) is 4.56. The van der Waals surface area contributed by atoms with Crippen molar-refractivity contribution in [2.75, 3.05) is 4.90 Å². The van der Waals surface area contributed by atoms with E-state index in [2.05, 4.69) is 0 Å². The number of anilines is 1.